The Morgan fingerprint density at radius 3 is 2.68 bits per heavy atom. The Bertz CT molecular complexity index is 1030. The van der Waals surface area contributed by atoms with Gasteiger partial charge < -0.3 is 21.3 Å². The van der Waals surface area contributed by atoms with Crippen molar-refractivity contribution < 1.29 is 29.5 Å². The number of hydrogen-bond donors (Lipinski definition) is 3. The van der Waals surface area contributed by atoms with Crippen LogP contribution in [-0.2, 0) is 4.79 Å². The molecule has 2 aliphatic rings. The van der Waals surface area contributed by atoms with Gasteiger partial charge in [-0.1, -0.05) is 19.3 Å². The van der Waals surface area contributed by atoms with Gasteiger partial charge in [0.05, 0.1) is 6.20 Å². The average molecular weight is 496 g/mol. The number of halogens is 4. The maximum absolute atomic E-state index is 14.6. The lowest BCUT2D eigenvalue weighted by Gasteiger charge is -2.25. The minimum Gasteiger partial charge on any atom is -0.368 e. The number of carbonyl (C=O) groups excluding carboxylic acids is 1. The monoisotopic (exact) mass is 495 g/mol. The summed E-state index contributed by atoms with van der Waals surface area (Å²) in [6.07, 6.45) is 3.07. The summed E-state index contributed by atoms with van der Waals surface area (Å²) in [5, 5.41) is 9.29. The van der Waals surface area contributed by atoms with E-state index < -0.39 is 30.5 Å². The molecule has 2 aromatic rings. The van der Waals surface area contributed by atoms with E-state index in [1.807, 2.05) is 5.32 Å². The van der Waals surface area contributed by atoms with Crippen molar-refractivity contribution in [1.29, 1.82) is 0 Å². The zero-order chi connectivity index (χ0) is 24.3. The standard InChI is InChI=1S/C20H27F4N9O.5H2/c21-13-10-27-19(33-17(25)30-18(31-33)26-9-12-5-2-1-3-6-12)29-15(13)32-8-4-7-14(32)16(34)28-11-20(22,23)24;;;;;/h10,12,14H,1-9,11H2,(H,28,34)(H3,25,26,30,31);5*1H/t14-;;;;;/m1...../s1. The molecule has 0 spiro atoms. The SMILES string of the molecule is Nc1nc(NCC2CCCCC2)nn1-c1ncc(F)c(N2CCC[C@@H]2C(=O)NCC(F)(F)F)n1.[HH].[HH].[HH].[HH].[HH]. The van der Waals surface area contributed by atoms with Gasteiger partial charge in [0, 0.05) is 20.2 Å². The smallest absolute Gasteiger partial charge is 0.368 e. The van der Waals surface area contributed by atoms with E-state index in [1.54, 1.807) is 0 Å². The summed E-state index contributed by atoms with van der Waals surface area (Å²) in [7, 11) is 0. The van der Waals surface area contributed by atoms with Crippen molar-refractivity contribution in [2.45, 2.75) is 57.2 Å². The molecule has 0 unspecified atom stereocenters. The number of nitrogens with zero attached hydrogens (tertiary/aromatic N) is 6. The minimum atomic E-state index is -4.54. The second kappa shape index (κ2) is 9.97. The second-order valence-electron chi connectivity index (χ2n) is 8.62. The number of alkyl halides is 3. The van der Waals surface area contributed by atoms with Crippen LogP contribution in [0.3, 0.4) is 0 Å². The fourth-order valence-corrected chi connectivity index (χ4v) is 4.42. The number of rotatable bonds is 7. The van der Waals surface area contributed by atoms with Crippen molar-refractivity contribution >= 4 is 23.6 Å². The Morgan fingerprint density at radius 2 is 1.94 bits per heavy atom. The number of nitrogens with one attached hydrogen (secondary N) is 2. The molecule has 1 atom stereocenters. The van der Waals surface area contributed by atoms with Crippen molar-refractivity contribution in [2.24, 2.45) is 5.92 Å². The highest BCUT2D eigenvalue weighted by Gasteiger charge is 2.36. The molecular formula is C20H37F4N9O. The van der Waals surface area contributed by atoms with Crippen LogP contribution >= 0.6 is 0 Å². The van der Waals surface area contributed by atoms with E-state index in [0.717, 1.165) is 23.7 Å². The van der Waals surface area contributed by atoms with Gasteiger partial charge in [-0.2, -0.15) is 27.8 Å². The first kappa shape index (κ1) is 24.0. The predicted octanol–water partition coefficient (Wildman–Crippen LogP) is 3.65. The summed E-state index contributed by atoms with van der Waals surface area (Å²) in [6.45, 7) is -0.500. The van der Waals surface area contributed by atoms with E-state index in [4.69, 9.17) is 5.73 Å². The van der Waals surface area contributed by atoms with E-state index in [-0.39, 0.29) is 37.8 Å². The van der Waals surface area contributed by atoms with Gasteiger partial charge in [-0.25, -0.2) is 9.37 Å². The number of nitrogens with two attached hydrogens (primary N) is 1. The molecular weight excluding hydrogens is 458 g/mol. The van der Waals surface area contributed by atoms with Crippen molar-refractivity contribution in [1.82, 2.24) is 30.0 Å². The number of amides is 1. The molecule has 0 radical (unpaired) electrons. The first-order valence-corrected chi connectivity index (χ1v) is 11.3. The lowest BCUT2D eigenvalue weighted by Crippen LogP contribution is -2.46. The Balaban J connectivity index is 0. The zero-order valence-corrected chi connectivity index (χ0v) is 18.5. The molecule has 1 saturated carbocycles. The van der Waals surface area contributed by atoms with Crippen LogP contribution in [0, 0.1) is 11.7 Å². The number of anilines is 3. The third-order valence-electron chi connectivity index (χ3n) is 6.10. The molecule has 34 heavy (non-hydrogen) atoms. The molecule has 4 N–H and O–H groups in total. The maximum atomic E-state index is 14.6. The van der Waals surface area contributed by atoms with E-state index in [9.17, 15) is 22.4 Å². The molecule has 2 aromatic heterocycles. The maximum Gasteiger partial charge on any atom is 0.405 e. The highest BCUT2D eigenvalue weighted by molar-refractivity contribution is 5.85. The fraction of sp³-hybridized carbons (Fsp3) is 0.650. The molecule has 0 aromatic carbocycles. The summed E-state index contributed by atoms with van der Waals surface area (Å²) in [4.78, 5) is 25.9. The first-order chi connectivity index (χ1) is 16.2. The van der Waals surface area contributed by atoms with Crippen molar-refractivity contribution in [3.05, 3.63) is 12.0 Å². The summed E-state index contributed by atoms with van der Waals surface area (Å²) < 4.78 is 53.2. The van der Waals surface area contributed by atoms with Crippen LogP contribution in [0.15, 0.2) is 6.20 Å². The molecule has 1 aliphatic carbocycles. The molecule has 1 aliphatic heterocycles. The van der Waals surface area contributed by atoms with Crippen LogP contribution in [0.4, 0.5) is 35.3 Å². The van der Waals surface area contributed by atoms with Gasteiger partial charge in [0.2, 0.25) is 17.8 Å². The number of aromatic nitrogens is 5. The summed E-state index contributed by atoms with van der Waals surface area (Å²) in [5.41, 5.74) is 5.97. The van der Waals surface area contributed by atoms with Crippen LogP contribution < -0.4 is 21.3 Å². The van der Waals surface area contributed by atoms with E-state index >= 15 is 0 Å². The van der Waals surface area contributed by atoms with Crippen LogP contribution in [0.2, 0.25) is 0 Å². The van der Waals surface area contributed by atoms with E-state index in [1.165, 1.54) is 24.2 Å². The summed E-state index contributed by atoms with van der Waals surface area (Å²) >= 11 is 0. The van der Waals surface area contributed by atoms with Gasteiger partial charge in [0.25, 0.3) is 5.95 Å². The third kappa shape index (κ3) is 5.65. The molecule has 10 nitrogen and oxygen atoms in total. The lowest BCUT2D eigenvalue weighted by atomic mass is 9.89. The van der Waals surface area contributed by atoms with Crippen LogP contribution in [0.25, 0.3) is 5.95 Å². The largest absolute Gasteiger partial charge is 0.405 e. The van der Waals surface area contributed by atoms with Crippen molar-refractivity contribution in [3.63, 3.8) is 0 Å². The average Bonchev–Trinajstić information content (AvgIpc) is 3.43. The zero-order valence-electron chi connectivity index (χ0n) is 18.5. The predicted molar refractivity (Wildman–Crippen MR) is 126 cm³/mol. The molecule has 1 saturated heterocycles. The third-order valence-corrected chi connectivity index (χ3v) is 6.10. The van der Waals surface area contributed by atoms with E-state index in [0.29, 0.717) is 24.8 Å². The van der Waals surface area contributed by atoms with Gasteiger partial charge in [-0.15, -0.1) is 5.10 Å². The number of nitrogen functional groups attached to an aromatic ring is 1. The van der Waals surface area contributed by atoms with Gasteiger partial charge in [0.1, 0.15) is 12.6 Å². The fourth-order valence-electron chi connectivity index (χ4n) is 4.42. The van der Waals surface area contributed by atoms with Crippen molar-refractivity contribution in [3.8, 4) is 5.95 Å². The number of hydrogen-bond acceptors (Lipinski definition) is 8. The summed E-state index contributed by atoms with van der Waals surface area (Å²) in [6, 6.07) is -0.986. The highest BCUT2D eigenvalue weighted by Crippen LogP contribution is 2.28. The van der Waals surface area contributed by atoms with Crippen LogP contribution in [0.5, 0.6) is 0 Å². The van der Waals surface area contributed by atoms with Crippen LogP contribution in [0.1, 0.15) is 52.1 Å². The van der Waals surface area contributed by atoms with Gasteiger partial charge in [-0.05, 0) is 31.6 Å². The normalized spacial score (nSPS) is 19.4. The second-order valence-corrected chi connectivity index (χ2v) is 8.62. The molecule has 14 heteroatoms. The Morgan fingerprint density at radius 1 is 1.18 bits per heavy atom. The highest BCUT2D eigenvalue weighted by atomic mass is 19.4. The molecule has 1 amide bonds. The Hall–Kier alpha value is -3.19. The molecule has 0 bridgehead atoms. The Kier molecular flexibility index (Phi) is 7.03. The topological polar surface area (TPSA) is 127 Å². The molecule has 196 valence electrons. The minimum absolute atomic E-state index is 0. The Labute approximate surface area is 200 Å². The molecule has 4 rings (SSSR count). The first-order valence-electron chi connectivity index (χ1n) is 11.3. The van der Waals surface area contributed by atoms with Crippen LogP contribution in [-0.4, -0.2) is 62.5 Å². The van der Waals surface area contributed by atoms with Gasteiger partial charge in [0.15, 0.2) is 11.6 Å². The quantitative estimate of drug-likeness (QED) is 0.497. The molecule has 2 fully saturated rings. The van der Waals surface area contributed by atoms with Gasteiger partial charge in [-0.3, -0.25) is 4.79 Å². The van der Waals surface area contributed by atoms with E-state index in [2.05, 4.69) is 25.4 Å². The lowest BCUT2D eigenvalue weighted by molar-refractivity contribution is -0.139. The molecule has 3 heterocycles. The summed E-state index contributed by atoms with van der Waals surface area (Å²) in [5.74, 6) is -1.11. The number of carbonyl (C=O) groups is 1. The van der Waals surface area contributed by atoms with Gasteiger partial charge >= 0.3 is 6.18 Å². The van der Waals surface area contributed by atoms with Crippen molar-refractivity contribution in [2.75, 3.05) is 35.6 Å².